The molecule has 0 heterocycles. The van der Waals surface area contributed by atoms with Crippen LogP contribution in [0, 0.1) is 29.6 Å². The summed E-state index contributed by atoms with van der Waals surface area (Å²) in [7, 11) is 0. The number of hydrazine groups is 1. The molecule has 0 amide bonds. The molecule has 0 aromatic rings. The Morgan fingerprint density at radius 3 is 2.05 bits per heavy atom. The number of unbranched alkanes of at least 4 members (excludes halogenated alkanes) is 4. The fraction of sp³-hybridized carbons (Fsp3) is 1.00. The van der Waals surface area contributed by atoms with Crippen molar-refractivity contribution in [2.24, 2.45) is 35.4 Å². The summed E-state index contributed by atoms with van der Waals surface area (Å²) in [6.45, 7) is 2.29. The van der Waals surface area contributed by atoms with Crippen LogP contribution in [0.1, 0.15) is 77.6 Å². The molecule has 116 valence electrons. The van der Waals surface area contributed by atoms with Crippen LogP contribution in [-0.4, -0.2) is 6.04 Å². The predicted octanol–water partition coefficient (Wildman–Crippen LogP) is 4.25. The summed E-state index contributed by atoms with van der Waals surface area (Å²) in [5, 5.41) is 0. The molecular weight excluding hydrogens is 244 g/mol. The van der Waals surface area contributed by atoms with Crippen molar-refractivity contribution in [3.05, 3.63) is 0 Å². The fourth-order valence-corrected chi connectivity index (χ4v) is 5.98. The molecule has 0 aromatic heterocycles. The van der Waals surface area contributed by atoms with E-state index >= 15 is 0 Å². The van der Waals surface area contributed by atoms with Crippen LogP contribution in [0.2, 0.25) is 0 Å². The van der Waals surface area contributed by atoms with E-state index in [9.17, 15) is 0 Å². The lowest BCUT2D eigenvalue weighted by atomic mass is 9.50. The SMILES string of the molecule is CCCCCCCC(NN)C1C2CC3CC(C2)CC1C3. The van der Waals surface area contributed by atoms with E-state index < -0.39 is 0 Å². The third kappa shape index (κ3) is 3.06. The fourth-order valence-electron chi connectivity index (χ4n) is 5.98. The van der Waals surface area contributed by atoms with Crippen LogP contribution in [0.4, 0.5) is 0 Å². The second-order valence-corrected chi connectivity index (χ2v) is 7.98. The van der Waals surface area contributed by atoms with E-state index in [0.29, 0.717) is 6.04 Å². The monoisotopic (exact) mass is 278 g/mol. The molecule has 4 saturated carbocycles. The summed E-state index contributed by atoms with van der Waals surface area (Å²) < 4.78 is 0. The lowest BCUT2D eigenvalue weighted by Crippen LogP contribution is -2.54. The van der Waals surface area contributed by atoms with Gasteiger partial charge in [-0.3, -0.25) is 11.3 Å². The molecular formula is C18H34N2. The van der Waals surface area contributed by atoms with Crippen molar-refractivity contribution in [3.8, 4) is 0 Å². The Morgan fingerprint density at radius 1 is 0.900 bits per heavy atom. The molecule has 4 bridgehead atoms. The zero-order valence-corrected chi connectivity index (χ0v) is 13.3. The van der Waals surface area contributed by atoms with E-state index in [1.807, 2.05) is 0 Å². The Labute approximate surface area is 125 Å². The average molecular weight is 278 g/mol. The van der Waals surface area contributed by atoms with E-state index in [4.69, 9.17) is 5.84 Å². The van der Waals surface area contributed by atoms with Gasteiger partial charge in [0, 0.05) is 6.04 Å². The van der Waals surface area contributed by atoms with E-state index in [1.54, 1.807) is 6.42 Å². The van der Waals surface area contributed by atoms with Crippen LogP contribution >= 0.6 is 0 Å². The van der Waals surface area contributed by atoms with Gasteiger partial charge < -0.3 is 0 Å². The molecule has 2 heteroatoms. The second kappa shape index (κ2) is 6.79. The second-order valence-electron chi connectivity index (χ2n) is 7.98. The Bertz CT molecular complexity index is 274. The Hall–Kier alpha value is -0.0800. The van der Waals surface area contributed by atoms with Gasteiger partial charge in [0.15, 0.2) is 0 Å². The van der Waals surface area contributed by atoms with Gasteiger partial charge in [0.1, 0.15) is 0 Å². The largest absolute Gasteiger partial charge is 0.271 e. The summed E-state index contributed by atoms with van der Waals surface area (Å²) >= 11 is 0. The third-order valence-corrected chi connectivity index (χ3v) is 6.60. The molecule has 3 N–H and O–H groups in total. The van der Waals surface area contributed by atoms with Crippen molar-refractivity contribution < 1.29 is 0 Å². The molecule has 1 unspecified atom stereocenters. The zero-order valence-electron chi connectivity index (χ0n) is 13.3. The molecule has 4 aliphatic carbocycles. The Morgan fingerprint density at radius 2 is 1.50 bits per heavy atom. The van der Waals surface area contributed by atoms with Gasteiger partial charge in [-0.15, -0.1) is 0 Å². The van der Waals surface area contributed by atoms with Gasteiger partial charge in [-0.2, -0.15) is 0 Å². The molecule has 20 heavy (non-hydrogen) atoms. The molecule has 1 atom stereocenters. The normalized spacial score (nSPS) is 40.2. The van der Waals surface area contributed by atoms with Gasteiger partial charge in [-0.05, 0) is 68.1 Å². The number of nitrogens with two attached hydrogens (primary N) is 1. The van der Waals surface area contributed by atoms with Crippen LogP contribution in [-0.2, 0) is 0 Å². The highest BCUT2D eigenvalue weighted by Gasteiger charge is 2.50. The van der Waals surface area contributed by atoms with Crippen molar-refractivity contribution >= 4 is 0 Å². The van der Waals surface area contributed by atoms with E-state index in [-0.39, 0.29) is 0 Å². The van der Waals surface area contributed by atoms with Crippen molar-refractivity contribution in [2.45, 2.75) is 83.6 Å². The van der Waals surface area contributed by atoms with Gasteiger partial charge in [-0.1, -0.05) is 39.0 Å². The molecule has 2 nitrogen and oxygen atoms in total. The molecule has 0 aromatic carbocycles. The summed E-state index contributed by atoms with van der Waals surface area (Å²) in [6.07, 6.45) is 15.9. The lowest BCUT2D eigenvalue weighted by Gasteiger charge is -2.56. The maximum Gasteiger partial charge on any atom is 0.0244 e. The molecule has 0 saturated heterocycles. The van der Waals surface area contributed by atoms with Gasteiger partial charge >= 0.3 is 0 Å². The van der Waals surface area contributed by atoms with E-state index in [2.05, 4.69) is 12.3 Å². The topological polar surface area (TPSA) is 38.0 Å². The highest BCUT2D eigenvalue weighted by molar-refractivity contribution is 5.01. The van der Waals surface area contributed by atoms with Gasteiger partial charge in [0.25, 0.3) is 0 Å². The zero-order chi connectivity index (χ0) is 13.9. The summed E-state index contributed by atoms with van der Waals surface area (Å²) in [5.74, 6) is 11.0. The van der Waals surface area contributed by atoms with Gasteiger partial charge in [0.2, 0.25) is 0 Å². The van der Waals surface area contributed by atoms with Crippen LogP contribution in [0.5, 0.6) is 0 Å². The van der Waals surface area contributed by atoms with Crippen molar-refractivity contribution in [1.82, 2.24) is 5.43 Å². The van der Waals surface area contributed by atoms with Crippen molar-refractivity contribution in [3.63, 3.8) is 0 Å². The Balaban J connectivity index is 1.51. The molecule has 0 aliphatic heterocycles. The number of hydrogen-bond acceptors (Lipinski definition) is 2. The molecule has 4 fully saturated rings. The smallest absolute Gasteiger partial charge is 0.0244 e. The molecule has 4 rings (SSSR count). The predicted molar refractivity (Wildman–Crippen MR) is 85.0 cm³/mol. The maximum absolute atomic E-state index is 5.94. The van der Waals surface area contributed by atoms with Crippen molar-refractivity contribution in [1.29, 1.82) is 0 Å². The van der Waals surface area contributed by atoms with Crippen LogP contribution in [0.25, 0.3) is 0 Å². The van der Waals surface area contributed by atoms with E-state index in [0.717, 1.165) is 29.6 Å². The maximum atomic E-state index is 5.94. The minimum Gasteiger partial charge on any atom is -0.271 e. The van der Waals surface area contributed by atoms with Crippen LogP contribution in [0.3, 0.4) is 0 Å². The number of hydrogen-bond donors (Lipinski definition) is 2. The van der Waals surface area contributed by atoms with Crippen LogP contribution < -0.4 is 11.3 Å². The quantitative estimate of drug-likeness (QED) is 0.396. The molecule has 0 radical (unpaired) electrons. The number of rotatable bonds is 8. The van der Waals surface area contributed by atoms with Crippen LogP contribution in [0.15, 0.2) is 0 Å². The molecule has 4 aliphatic rings. The highest BCUT2D eigenvalue weighted by atomic mass is 15.2. The lowest BCUT2D eigenvalue weighted by molar-refractivity contribution is -0.0532. The summed E-state index contributed by atoms with van der Waals surface area (Å²) in [6, 6.07) is 0.603. The average Bonchev–Trinajstić information content (AvgIpc) is 2.43. The van der Waals surface area contributed by atoms with E-state index in [1.165, 1.54) is 64.2 Å². The Kier molecular flexibility index (Phi) is 5.04. The first kappa shape index (κ1) is 14.8. The number of nitrogens with one attached hydrogen (secondary N) is 1. The molecule has 0 spiro atoms. The first-order valence-corrected chi connectivity index (χ1v) is 9.28. The van der Waals surface area contributed by atoms with Gasteiger partial charge in [0.05, 0.1) is 0 Å². The first-order chi connectivity index (χ1) is 9.81. The minimum absolute atomic E-state index is 0.603. The van der Waals surface area contributed by atoms with Crippen molar-refractivity contribution in [2.75, 3.05) is 0 Å². The highest BCUT2D eigenvalue weighted by Crippen LogP contribution is 2.57. The third-order valence-electron chi connectivity index (χ3n) is 6.60. The standard InChI is InChI=1S/C18H34N2/c1-2-3-4-5-6-7-17(20-19)18-15-9-13-8-14(11-15)12-16(18)10-13/h13-18,20H,2-12,19H2,1H3. The first-order valence-electron chi connectivity index (χ1n) is 9.28. The summed E-state index contributed by atoms with van der Waals surface area (Å²) in [4.78, 5) is 0. The summed E-state index contributed by atoms with van der Waals surface area (Å²) in [5.41, 5.74) is 3.22. The van der Waals surface area contributed by atoms with Gasteiger partial charge in [-0.25, -0.2) is 0 Å². The minimum atomic E-state index is 0.603.